The first-order valence-corrected chi connectivity index (χ1v) is 5.21. The second-order valence-electron chi connectivity index (χ2n) is 4.94. The van der Waals surface area contributed by atoms with Crippen LogP contribution in [-0.4, -0.2) is 47.8 Å². The van der Waals surface area contributed by atoms with Crippen LogP contribution in [-0.2, 0) is 4.79 Å². The number of hydrogen-bond acceptors (Lipinski definition) is 3. The van der Waals surface area contributed by atoms with Gasteiger partial charge in [0.1, 0.15) is 6.54 Å². The van der Waals surface area contributed by atoms with Crippen molar-refractivity contribution in [2.45, 2.75) is 33.0 Å². The molecular weight excluding hydrogens is 237 g/mol. The van der Waals surface area contributed by atoms with Crippen molar-refractivity contribution in [1.82, 2.24) is 4.90 Å². The lowest BCUT2D eigenvalue weighted by atomic mass is 9.86. The summed E-state index contributed by atoms with van der Waals surface area (Å²) in [7, 11) is 0. The maximum atomic E-state index is 12.2. The molecule has 17 heavy (non-hydrogen) atoms. The van der Waals surface area contributed by atoms with Crippen molar-refractivity contribution in [3.8, 4) is 0 Å². The fraction of sp³-hybridized carbons (Fsp3) is 0.900. The lowest BCUT2D eigenvalue weighted by Crippen LogP contribution is -2.53. The Morgan fingerprint density at radius 2 is 1.82 bits per heavy atom. The van der Waals surface area contributed by atoms with Gasteiger partial charge in [-0.1, -0.05) is 20.8 Å². The van der Waals surface area contributed by atoms with Crippen molar-refractivity contribution in [2.24, 2.45) is 11.1 Å². The molecule has 0 spiro atoms. The number of nitrogens with two attached hydrogens (primary N) is 1. The van der Waals surface area contributed by atoms with Crippen molar-refractivity contribution in [2.75, 3.05) is 19.7 Å². The summed E-state index contributed by atoms with van der Waals surface area (Å²) in [5.41, 5.74) is 4.98. The first-order valence-electron chi connectivity index (χ1n) is 5.21. The minimum absolute atomic E-state index is 0.373. The highest BCUT2D eigenvalue weighted by molar-refractivity contribution is 5.82. The molecule has 7 heteroatoms. The van der Waals surface area contributed by atoms with E-state index in [4.69, 9.17) is 10.8 Å². The number of aliphatic hydroxyl groups excluding tert-OH is 1. The van der Waals surface area contributed by atoms with Crippen molar-refractivity contribution in [3.63, 3.8) is 0 Å². The van der Waals surface area contributed by atoms with Gasteiger partial charge in [-0.2, -0.15) is 13.2 Å². The van der Waals surface area contributed by atoms with E-state index in [1.54, 1.807) is 20.8 Å². The molecule has 0 radical (unpaired) electrons. The van der Waals surface area contributed by atoms with Gasteiger partial charge in [0, 0.05) is 6.54 Å². The first kappa shape index (κ1) is 16.2. The molecule has 0 aliphatic heterocycles. The Balaban J connectivity index is 4.77. The second kappa shape index (κ2) is 5.68. The van der Waals surface area contributed by atoms with E-state index in [1.807, 2.05) is 0 Å². The second-order valence-corrected chi connectivity index (χ2v) is 4.94. The molecule has 0 fully saturated rings. The van der Waals surface area contributed by atoms with Crippen LogP contribution in [0.1, 0.15) is 20.8 Å². The summed E-state index contributed by atoms with van der Waals surface area (Å²) in [6.07, 6.45) is -4.50. The maximum Gasteiger partial charge on any atom is 0.406 e. The zero-order valence-electron chi connectivity index (χ0n) is 10.2. The van der Waals surface area contributed by atoms with Gasteiger partial charge in [-0.25, -0.2) is 0 Å². The fourth-order valence-electron chi connectivity index (χ4n) is 1.17. The molecule has 0 saturated heterocycles. The van der Waals surface area contributed by atoms with Gasteiger partial charge < -0.3 is 15.7 Å². The Morgan fingerprint density at radius 1 is 1.35 bits per heavy atom. The Hall–Kier alpha value is -0.820. The largest absolute Gasteiger partial charge is 0.406 e. The molecule has 1 amide bonds. The van der Waals surface area contributed by atoms with Crippen LogP contribution >= 0.6 is 0 Å². The van der Waals surface area contributed by atoms with E-state index >= 15 is 0 Å². The molecule has 0 unspecified atom stereocenters. The molecule has 0 aliphatic rings. The van der Waals surface area contributed by atoms with E-state index in [0.717, 1.165) is 0 Å². The normalized spacial score (nSPS) is 14.6. The molecule has 0 rings (SSSR count). The molecule has 0 saturated carbocycles. The third-order valence-corrected chi connectivity index (χ3v) is 2.25. The van der Waals surface area contributed by atoms with Crippen LogP contribution in [0.2, 0.25) is 0 Å². The smallest absolute Gasteiger partial charge is 0.395 e. The number of carbonyl (C=O) groups is 1. The Bertz CT molecular complexity index is 261. The predicted molar refractivity (Wildman–Crippen MR) is 57.2 cm³/mol. The number of alkyl halides is 3. The minimum Gasteiger partial charge on any atom is -0.395 e. The van der Waals surface area contributed by atoms with E-state index in [9.17, 15) is 18.0 Å². The van der Waals surface area contributed by atoms with Crippen LogP contribution in [0, 0.1) is 5.41 Å². The van der Waals surface area contributed by atoms with Gasteiger partial charge in [0.05, 0.1) is 12.6 Å². The van der Waals surface area contributed by atoms with E-state index in [1.165, 1.54) is 0 Å². The number of hydrogen-bond donors (Lipinski definition) is 2. The van der Waals surface area contributed by atoms with Crippen molar-refractivity contribution in [1.29, 1.82) is 0 Å². The van der Waals surface area contributed by atoms with E-state index < -0.39 is 36.7 Å². The molecule has 0 aliphatic carbocycles. The zero-order valence-corrected chi connectivity index (χ0v) is 10.2. The van der Waals surface area contributed by atoms with Crippen LogP contribution < -0.4 is 5.73 Å². The van der Waals surface area contributed by atoms with Crippen LogP contribution in [0.5, 0.6) is 0 Å². The lowest BCUT2D eigenvalue weighted by Gasteiger charge is -2.32. The number of aliphatic hydroxyl groups is 1. The van der Waals surface area contributed by atoms with Crippen molar-refractivity contribution < 1.29 is 23.1 Å². The van der Waals surface area contributed by atoms with Crippen LogP contribution in [0.15, 0.2) is 0 Å². The topological polar surface area (TPSA) is 66.6 Å². The highest BCUT2D eigenvalue weighted by Crippen LogP contribution is 2.22. The molecule has 3 N–H and O–H groups in total. The summed E-state index contributed by atoms with van der Waals surface area (Å²) < 4.78 is 36.7. The summed E-state index contributed by atoms with van der Waals surface area (Å²) in [4.78, 5) is 12.3. The molecule has 4 nitrogen and oxygen atoms in total. The first-order chi connectivity index (χ1) is 7.49. The number of carbonyl (C=O) groups excluding carboxylic acids is 1. The molecular formula is C10H19F3N2O2. The minimum atomic E-state index is -4.50. The molecule has 102 valence electrons. The average Bonchev–Trinajstić information content (AvgIpc) is 2.11. The lowest BCUT2D eigenvalue weighted by molar-refractivity contribution is -0.164. The number of rotatable bonds is 4. The molecule has 0 bridgehead atoms. The van der Waals surface area contributed by atoms with Crippen LogP contribution in [0.3, 0.4) is 0 Å². The monoisotopic (exact) mass is 256 g/mol. The standard InChI is InChI=1S/C10H19F3N2O2/c1-9(2,3)7(14)8(17)15(4-5-16)6-10(11,12)13/h7,16H,4-6,14H2,1-3H3/t7-/m0/s1. The van der Waals surface area contributed by atoms with E-state index in [0.29, 0.717) is 4.90 Å². The third-order valence-electron chi connectivity index (χ3n) is 2.25. The molecule has 1 atom stereocenters. The summed E-state index contributed by atoms with van der Waals surface area (Å²) in [6, 6.07) is -1.03. The molecule has 0 aromatic heterocycles. The zero-order chi connectivity index (χ0) is 13.9. The highest BCUT2D eigenvalue weighted by Gasteiger charge is 2.37. The Labute approximate surface area is 98.6 Å². The van der Waals surface area contributed by atoms with Gasteiger partial charge >= 0.3 is 6.18 Å². The molecule has 0 heterocycles. The van der Waals surface area contributed by atoms with E-state index in [-0.39, 0.29) is 6.54 Å². The predicted octanol–water partition coefficient (Wildman–Crippen LogP) is 0.743. The van der Waals surface area contributed by atoms with Gasteiger partial charge in [0.2, 0.25) is 5.91 Å². The van der Waals surface area contributed by atoms with Gasteiger partial charge in [0.15, 0.2) is 0 Å². The molecule has 0 aromatic carbocycles. The maximum absolute atomic E-state index is 12.2. The number of nitrogens with zero attached hydrogens (tertiary/aromatic N) is 1. The quantitative estimate of drug-likeness (QED) is 0.779. The van der Waals surface area contributed by atoms with E-state index in [2.05, 4.69) is 0 Å². The molecule has 0 aromatic rings. The number of amides is 1. The van der Waals surface area contributed by atoms with Crippen molar-refractivity contribution in [3.05, 3.63) is 0 Å². The SMILES string of the molecule is CC(C)(C)[C@@H](N)C(=O)N(CCO)CC(F)(F)F. The Kier molecular flexibility index (Phi) is 5.41. The summed E-state index contributed by atoms with van der Waals surface area (Å²) in [5.74, 6) is -0.802. The van der Waals surface area contributed by atoms with Crippen molar-refractivity contribution >= 4 is 5.91 Å². The van der Waals surface area contributed by atoms with Crippen LogP contribution in [0.4, 0.5) is 13.2 Å². The Morgan fingerprint density at radius 3 is 2.12 bits per heavy atom. The highest BCUT2D eigenvalue weighted by atomic mass is 19.4. The van der Waals surface area contributed by atoms with Crippen LogP contribution in [0.25, 0.3) is 0 Å². The third kappa shape index (κ3) is 5.88. The summed E-state index contributed by atoms with van der Waals surface area (Å²) in [6.45, 7) is 2.71. The number of halogens is 3. The van der Waals surface area contributed by atoms with Gasteiger partial charge in [-0.15, -0.1) is 0 Å². The summed E-state index contributed by atoms with van der Waals surface area (Å²) >= 11 is 0. The average molecular weight is 256 g/mol. The fourth-order valence-corrected chi connectivity index (χ4v) is 1.17. The van der Waals surface area contributed by atoms with Gasteiger partial charge in [-0.05, 0) is 5.41 Å². The van der Waals surface area contributed by atoms with Gasteiger partial charge in [-0.3, -0.25) is 4.79 Å². The summed E-state index contributed by atoms with van der Waals surface area (Å²) in [5, 5.41) is 8.66. The van der Waals surface area contributed by atoms with Gasteiger partial charge in [0.25, 0.3) is 0 Å².